The molecule has 2 aromatic rings. The number of aliphatic hydroxyl groups is 1. The van der Waals surface area contributed by atoms with E-state index in [4.69, 9.17) is 9.47 Å². The average Bonchev–Trinajstić information content (AvgIpc) is 2.93. The molecule has 1 aromatic carbocycles. The zero-order valence-corrected chi connectivity index (χ0v) is 14.5. The number of hydrogen-bond acceptors (Lipinski definition) is 5. The Bertz CT molecular complexity index is 819. The molecule has 1 aliphatic rings. The van der Waals surface area contributed by atoms with E-state index >= 15 is 0 Å². The predicted octanol–water partition coefficient (Wildman–Crippen LogP) is 1.33. The molecule has 0 saturated heterocycles. The monoisotopic (exact) mass is 346 g/mol. The molecule has 7 nitrogen and oxygen atoms in total. The van der Waals surface area contributed by atoms with E-state index in [0.717, 1.165) is 5.56 Å². The number of carbonyl (C=O) groups excluding carboxylic acids is 1. The van der Waals surface area contributed by atoms with Crippen molar-refractivity contribution in [2.45, 2.75) is 31.8 Å². The lowest BCUT2D eigenvalue weighted by Crippen LogP contribution is -2.49. The first-order valence-electron chi connectivity index (χ1n) is 8.21. The van der Waals surface area contributed by atoms with E-state index in [9.17, 15) is 14.7 Å². The Hall–Kier alpha value is -2.54. The number of ether oxygens (including phenoxy) is 2. The molecule has 3 rings (SSSR count). The largest absolute Gasteiger partial charge is 0.494 e. The molecule has 3 N–H and O–H groups in total. The Kier molecular flexibility index (Phi) is 4.43. The van der Waals surface area contributed by atoms with E-state index < -0.39 is 23.4 Å². The van der Waals surface area contributed by atoms with Crippen molar-refractivity contribution >= 4 is 5.97 Å². The molecule has 1 aliphatic carbocycles. The van der Waals surface area contributed by atoms with Crippen molar-refractivity contribution in [1.29, 1.82) is 0 Å². The number of rotatable bonds is 4. The maximum Gasteiger partial charge on any atom is 0.312 e. The minimum absolute atomic E-state index is 0.161. The molecule has 7 heteroatoms. The summed E-state index contributed by atoms with van der Waals surface area (Å²) in [6, 6.07) is 7.19. The number of esters is 1. The van der Waals surface area contributed by atoms with E-state index in [1.54, 1.807) is 19.1 Å². The van der Waals surface area contributed by atoms with Crippen molar-refractivity contribution in [3.63, 3.8) is 0 Å². The Morgan fingerprint density at radius 2 is 2.00 bits per heavy atom. The summed E-state index contributed by atoms with van der Waals surface area (Å²) < 4.78 is 10.4. The number of H-pyrrole nitrogens is 2. The summed E-state index contributed by atoms with van der Waals surface area (Å²) in [5.41, 5.74) is 0.165. The topological polar surface area (TPSA) is 104 Å². The van der Waals surface area contributed by atoms with Crippen molar-refractivity contribution in [2.75, 3.05) is 13.7 Å². The third kappa shape index (κ3) is 2.95. The fourth-order valence-corrected chi connectivity index (χ4v) is 3.68. The van der Waals surface area contributed by atoms with Gasteiger partial charge in [0.25, 0.3) is 5.56 Å². The normalized spacial score (nSPS) is 25.3. The molecule has 1 heterocycles. The van der Waals surface area contributed by atoms with E-state index in [1.165, 1.54) is 7.11 Å². The van der Waals surface area contributed by atoms with Crippen LogP contribution in [-0.4, -0.2) is 40.6 Å². The molecule has 0 spiro atoms. The van der Waals surface area contributed by atoms with Crippen LogP contribution in [0.5, 0.6) is 5.75 Å². The van der Waals surface area contributed by atoms with Crippen LogP contribution in [0.15, 0.2) is 29.1 Å². The number of hydrogen-bond donors (Lipinski definition) is 3. The van der Waals surface area contributed by atoms with E-state index in [-0.39, 0.29) is 12.0 Å². The van der Waals surface area contributed by atoms with Crippen LogP contribution in [-0.2, 0) is 16.0 Å². The second-order valence-corrected chi connectivity index (χ2v) is 6.49. The van der Waals surface area contributed by atoms with Gasteiger partial charge in [-0.15, -0.1) is 0 Å². The van der Waals surface area contributed by atoms with Gasteiger partial charge in [-0.3, -0.25) is 14.7 Å². The lowest BCUT2D eigenvalue weighted by molar-refractivity contribution is -0.156. The summed E-state index contributed by atoms with van der Waals surface area (Å²) >= 11 is 0. The number of benzene rings is 1. The highest BCUT2D eigenvalue weighted by Gasteiger charge is 2.51. The Labute approximate surface area is 145 Å². The molecule has 3 atom stereocenters. The van der Waals surface area contributed by atoms with E-state index in [0.29, 0.717) is 23.6 Å². The number of fused-ring (bicyclic) bond motifs is 1. The van der Waals surface area contributed by atoms with Gasteiger partial charge in [0.15, 0.2) is 0 Å². The number of methoxy groups -OCH3 is 1. The summed E-state index contributed by atoms with van der Waals surface area (Å²) in [6.07, 6.45) is 0.161. The zero-order chi connectivity index (χ0) is 18.2. The van der Waals surface area contributed by atoms with Crippen LogP contribution in [0, 0.1) is 5.92 Å². The molecular formula is C18H22N2O5. The summed E-state index contributed by atoms with van der Waals surface area (Å²) in [7, 11) is 1.28. The summed E-state index contributed by atoms with van der Waals surface area (Å²) in [4.78, 5) is 24.8. The van der Waals surface area contributed by atoms with Gasteiger partial charge in [0, 0.05) is 23.6 Å². The fraction of sp³-hybridized carbons (Fsp3) is 0.444. The van der Waals surface area contributed by atoms with Gasteiger partial charge in [-0.05, 0) is 31.5 Å². The highest BCUT2D eigenvalue weighted by Crippen LogP contribution is 2.44. The SMILES string of the molecule is CCOc1ccc([C@H]2c3c([nH][nH]c3=O)C[C@](C)(O)[C@H]2C(=O)OC)cc1. The lowest BCUT2D eigenvalue weighted by Gasteiger charge is -2.40. The quantitative estimate of drug-likeness (QED) is 0.725. The molecule has 0 radical (unpaired) electrons. The second kappa shape index (κ2) is 6.40. The number of carbonyl (C=O) groups is 1. The number of aromatic amines is 2. The summed E-state index contributed by atoms with van der Waals surface area (Å²) in [6.45, 7) is 4.03. The van der Waals surface area contributed by atoms with Gasteiger partial charge in [0.05, 0.1) is 25.2 Å². The van der Waals surface area contributed by atoms with Crippen molar-refractivity contribution in [2.24, 2.45) is 5.92 Å². The molecule has 25 heavy (non-hydrogen) atoms. The summed E-state index contributed by atoms with van der Waals surface area (Å²) in [5, 5.41) is 16.3. The van der Waals surface area contributed by atoms with Gasteiger partial charge in [-0.1, -0.05) is 12.1 Å². The van der Waals surface area contributed by atoms with Crippen LogP contribution in [0.2, 0.25) is 0 Å². The smallest absolute Gasteiger partial charge is 0.312 e. The first-order valence-corrected chi connectivity index (χ1v) is 8.21. The van der Waals surface area contributed by atoms with Crippen LogP contribution in [0.3, 0.4) is 0 Å². The highest BCUT2D eigenvalue weighted by atomic mass is 16.5. The van der Waals surface area contributed by atoms with Crippen LogP contribution in [0.4, 0.5) is 0 Å². The van der Waals surface area contributed by atoms with Gasteiger partial charge in [0.2, 0.25) is 0 Å². The Morgan fingerprint density at radius 1 is 1.32 bits per heavy atom. The van der Waals surface area contributed by atoms with Crippen molar-refractivity contribution in [3.05, 3.63) is 51.4 Å². The highest BCUT2D eigenvalue weighted by molar-refractivity contribution is 5.77. The molecule has 0 amide bonds. The lowest BCUT2D eigenvalue weighted by atomic mass is 9.66. The maximum absolute atomic E-state index is 12.4. The minimum Gasteiger partial charge on any atom is -0.494 e. The number of aromatic nitrogens is 2. The molecule has 1 aromatic heterocycles. The number of nitrogens with one attached hydrogen (secondary N) is 2. The Balaban J connectivity index is 2.15. The first-order chi connectivity index (χ1) is 11.9. The molecule has 0 fully saturated rings. The average molecular weight is 346 g/mol. The van der Waals surface area contributed by atoms with Crippen LogP contribution in [0.1, 0.15) is 36.6 Å². The van der Waals surface area contributed by atoms with Gasteiger partial charge in [-0.25, -0.2) is 0 Å². The molecule has 0 aliphatic heterocycles. The minimum atomic E-state index is -1.35. The first kappa shape index (κ1) is 17.3. The zero-order valence-electron chi connectivity index (χ0n) is 14.5. The van der Waals surface area contributed by atoms with Crippen LogP contribution >= 0.6 is 0 Å². The third-order valence-electron chi connectivity index (χ3n) is 4.75. The second-order valence-electron chi connectivity index (χ2n) is 6.49. The predicted molar refractivity (Wildman–Crippen MR) is 90.7 cm³/mol. The van der Waals surface area contributed by atoms with Crippen LogP contribution < -0.4 is 10.3 Å². The molecule has 0 unspecified atom stereocenters. The van der Waals surface area contributed by atoms with E-state index in [2.05, 4.69) is 10.2 Å². The third-order valence-corrected chi connectivity index (χ3v) is 4.75. The van der Waals surface area contributed by atoms with Crippen LogP contribution in [0.25, 0.3) is 0 Å². The van der Waals surface area contributed by atoms with Gasteiger partial charge >= 0.3 is 5.97 Å². The van der Waals surface area contributed by atoms with Gasteiger partial charge in [0.1, 0.15) is 5.75 Å². The molecule has 0 bridgehead atoms. The van der Waals surface area contributed by atoms with Crippen molar-refractivity contribution in [1.82, 2.24) is 10.2 Å². The Morgan fingerprint density at radius 3 is 2.60 bits per heavy atom. The van der Waals surface area contributed by atoms with Gasteiger partial charge in [-0.2, -0.15) is 0 Å². The maximum atomic E-state index is 12.4. The van der Waals surface area contributed by atoms with Crippen molar-refractivity contribution < 1.29 is 19.4 Å². The molecular weight excluding hydrogens is 324 g/mol. The van der Waals surface area contributed by atoms with Gasteiger partial charge < -0.3 is 19.7 Å². The van der Waals surface area contributed by atoms with E-state index in [1.807, 2.05) is 19.1 Å². The molecule has 134 valence electrons. The molecule has 0 saturated carbocycles. The summed E-state index contributed by atoms with van der Waals surface area (Å²) in [5.74, 6) is -1.35. The standard InChI is InChI=1S/C18H22N2O5/c1-4-25-11-7-5-10(6-8-11)13-14-12(19-20-16(14)21)9-18(2,23)15(13)17(22)24-3/h5-8,13,15,23H,4,9H2,1-3H3,(H2,19,20,21)/t13-,15+,18-/m0/s1. The van der Waals surface area contributed by atoms with Crippen molar-refractivity contribution in [3.8, 4) is 5.75 Å². The fourth-order valence-electron chi connectivity index (χ4n) is 3.68.